The van der Waals surface area contributed by atoms with Crippen LogP contribution in [0.15, 0.2) is 59.4 Å². The summed E-state index contributed by atoms with van der Waals surface area (Å²) in [6.45, 7) is 8.30. The summed E-state index contributed by atoms with van der Waals surface area (Å²) in [6.07, 6.45) is 3.44. The van der Waals surface area contributed by atoms with E-state index in [1.165, 1.54) is 0 Å². The van der Waals surface area contributed by atoms with Crippen LogP contribution in [0, 0.1) is 6.92 Å². The predicted molar refractivity (Wildman–Crippen MR) is 124 cm³/mol. The van der Waals surface area contributed by atoms with Crippen LogP contribution < -0.4 is 5.73 Å². The first-order valence-corrected chi connectivity index (χ1v) is 10.3. The molecule has 0 bridgehead atoms. The number of hydrogen-bond acceptors (Lipinski definition) is 7. The summed E-state index contributed by atoms with van der Waals surface area (Å²) in [7, 11) is 0. The van der Waals surface area contributed by atoms with Gasteiger partial charge < -0.3 is 14.8 Å². The summed E-state index contributed by atoms with van der Waals surface area (Å²) in [4.78, 5) is 17.7. The van der Waals surface area contributed by atoms with Gasteiger partial charge in [-0.15, -0.1) is 0 Å². The van der Waals surface area contributed by atoms with E-state index in [-0.39, 0.29) is 11.5 Å². The van der Waals surface area contributed by atoms with Crippen molar-refractivity contribution in [3.05, 3.63) is 60.7 Å². The van der Waals surface area contributed by atoms with Crippen molar-refractivity contribution in [3.8, 4) is 34.0 Å². The Balaban J connectivity index is 1.74. The fourth-order valence-electron chi connectivity index (χ4n) is 3.88. The van der Waals surface area contributed by atoms with E-state index in [1.807, 2.05) is 31.2 Å². The molecule has 0 aliphatic heterocycles. The predicted octanol–water partition coefficient (Wildman–Crippen LogP) is 4.86. The number of imidazole rings is 1. The minimum absolute atomic E-state index is 0.215. The summed E-state index contributed by atoms with van der Waals surface area (Å²) in [5.74, 6) is 2.16. The highest BCUT2D eigenvalue weighted by molar-refractivity contribution is 5.88. The second kappa shape index (κ2) is 7.26. The molecule has 0 fully saturated rings. The SMILES string of the molecule is Cc1noc(-c2ccccc2-c2nc3cc(-c4cnc(N)nc4)ccc3n2C(C)(C)C)n1. The molecule has 2 N–H and O–H groups in total. The normalized spacial score (nSPS) is 11.9. The van der Waals surface area contributed by atoms with Gasteiger partial charge in [0.1, 0.15) is 5.82 Å². The fourth-order valence-corrected chi connectivity index (χ4v) is 3.88. The molecule has 8 nitrogen and oxygen atoms in total. The molecule has 0 radical (unpaired) electrons. The lowest BCUT2D eigenvalue weighted by molar-refractivity contribution is 0.412. The van der Waals surface area contributed by atoms with Crippen molar-refractivity contribution in [2.45, 2.75) is 33.2 Å². The van der Waals surface area contributed by atoms with Gasteiger partial charge in [-0.1, -0.05) is 29.4 Å². The van der Waals surface area contributed by atoms with Gasteiger partial charge in [0.25, 0.3) is 5.89 Å². The van der Waals surface area contributed by atoms with Crippen molar-refractivity contribution < 1.29 is 4.52 Å². The molecule has 32 heavy (non-hydrogen) atoms. The Labute approximate surface area is 185 Å². The van der Waals surface area contributed by atoms with Crippen molar-refractivity contribution in [3.63, 3.8) is 0 Å². The van der Waals surface area contributed by atoms with Crippen LogP contribution in [0.1, 0.15) is 26.6 Å². The molecule has 0 saturated heterocycles. The number of fused-ring (bicyclic) bond motifs is 1. The molecule has 0 saturated carbocycles. The Morgan fingerprint density at radius 3 is 2.28 bits per heavy atom. The lowest BCUT2D eigenvalue weighted by atomic mass is 10.0. The van der Waals surface area contributed by atoms with E-state index in [0.717, 1.165) is 39.1 Å². The zero-order valence-corrected chi connectivity index (χ0v) is 18.4. The number of nitrogens with zero attached hydrogens (tertiary/aromatic N) is 6. The van der Waals surface area contributed by atoms with E-state index < -0.39 is 0 Å². The number of aryl methyl sites for hydroxylation is 1. The van der Waals surface area contributed by atoms with E-state index >= 15 is 0 Å². The van der Waals surface area contributed by atoms with Gasteiger partial charge in [0.2, 0.25) is 5.95 Å². The molecule has 5 rings (SSSR count). The van der Waals surface area contributed by atoms with Gasteiger partial charge in [0.15, 0.2) is 5.82 Å². The van der Waals surface area contributed by atoms with Gasteiger partial charge >= 0.3 is 0 Å². The maximum atomic E-state index is 5.64. The maximum Gasteiger partial charge on any atom is 0.258 e. The lowest BCUT2D eigenvalue weighted by Crippen LogP contribution is -2.22. The van der Waals surface area contributed by atoms with E-state index in [4.69, 9.17) is 15.2 Å². The van der Waals surface area contributed by atoms with Crippen LogP contribution in [-0.2, 0) is 5.54 Å². The third kappa shape index (κ3) is 3.39. The summed E-state index contributed by atoms with van der Waals surface area (Å²) in [5, 5.41) is 3.96. The van der Waals surface area contributed by atoms with E-state index in [9.17, 15) is 0 Å². The smallest absolute Gasteiger partial charge is 0.258 e. The standard InChI is InChI=1S/C24H23N7O/c1-14-28-22(32-30-14)18-8-6-5-7-17(18)21-29-19-11-15(16-12-26-23(25)27-13-16)9-10-20(19)31(21)24(2,3)4/h5-13H,1-4H3,(H2,25,26,27). The second-order valence-corrected chi connectivity index (χ2v) is 8.67. The van der Waals surface area contributed by atoms with Gasteiger partial charge in [-0.25, -0.2) is 15.0 Å². The van der Waals surface area contributed by atoms with Crippen LogP contribution in [0.5, 0.6) is 0 Å². The highest BCUT2D eigenvalue weighted by Crippen LogP contribution is 2.37. The minimum Gasteiger partial charge on any atom is -0.368 e. The summed E-state index contributed by atoms with van der Waals surface area (Å²) >= 11 is 0. The average molecular weight is 425 g/mol. The quantitative estimate of drug-likeness (QED) is 0.440. The third-order valence-electron chi connectivity index (χ3n) is 5.26. The van der Waals surface area contributed by atoms with Crippen molar-refractivity contribution in [2.24, 2.45) is 0 Å². The highest BCUT2D eigenvalue weighted by atomic mass is 16.5. The van der Waals surface area contributed by atoms with E-state index in [2.05, 4.69) is 63.6 Å². The molecular formula is C24H23N7O. The van der Waals surface area contributed by atoms with Crippen LogP contribution >= 0.6 is 0 Å². The number of rotatable bonds is 3. The van der Waals surface area contributed by atoms with Gasteiger partial charge in [0, 0.05) is 29.1 Å². The number of aromatic nitrogens is 6. The zero-order chi connectivity index (χ0) is 22.5. The molecule has 0 unspecified atom stereocenters. The molecule has 160 valence electrons. The monoisotopic (exact) mass is 425 g/mol. The van der Waals surface area contributed by atoms with Crippen molar-refractivity contribution in [1.82, 2.24) is 29.7 Å². The maximum absolute atomic E-state index is 5.64. The van der Waals surface area contributed by atoms with Gasteiger partial charge in [-0.2, -0.15) is 4.98 Å². The lowest BCUT2D eigenvalue weighted by Gasteiger charge is -2.25. The molecule has 5 aromatic rings. The van der Waals surface area contributed by atoms with Crippen LogP contribution in [0.2, 0.25) is 0 Å². The first-order chi connectivity index (χ1) is 15.3. The van der Waals surface area contributed by atoms with Crippen molar-refractivity contribution in [2.75, 3.05) is 5.73 Å². The van der Waals surface area contributed by atoms with Gasteiger partial charge in [-0.3, -0.25) is 0 Å². The number of hydrogen-bond donors (Lipinski definition) is 1. The summed E-state index contributed by atoms with van der Waals surface area (Å²) in [6, 6.07) is 14.2. The molecule has 0 aliphatic carbocycles. The highest BCUT2D eigenvalue weighted by Gasteiger charge is 2.25. The van der Waals surface area contributed by atoms with Crippen LogP contribution in [0.4, 0.5) is 5.95 Å². The fraction of sp³-hybridized carbons (Fsp3) is 0.208. The molecular weight excluding hydrogens is 402 g/mol. The first-order valence-electron chi connectivity index (χ1n) is 10.3. The minimum atomic E-state index is -0.215. The number of benzene rings is 2. The van der Waals surface area contributed by atoms with Crippen LogP contribution in [0.3, 0.4) is 0 Å². The van der Waals surface area contributed by atoms with Gasteiger partial charge in [-0.05, 0) is 51.5 Å². The summed E-state index contributed by atoms with van der Waals surface area (Å²) in [5.41, 5.74) is 11.0. The first kappa shape index (κ1) is 19.9. The average Bonchev–Trinajstić information content (AvgIpc) is 3.37. The van der Waals surface area contributed by atoms with E-state index in [1.54, 1.807) is 12.4 Å². The number of nitrogens with two attached hydrogens (primary N) is 1. The molecule has 8 heteroatoms. The Morgan fingerprint density at radius 2 is 1.62 bits per heavy atom. The number of anilines is 1. The Morgan fingerprint density at radius 1 is 0.906 bits per heavy atom. The third-order valence-corrected chi connectivity index (χ3v) is 5.26. The molecule has 0 aliphatic rings. The Kier molecular flexibility index (Phi) is 4.51. The zero-order valence-electron chi connectivity index (χ0n) is 18.4. The van der Waals surface area contributed by atoms with E-state index in [0.29, 0.717) is 11.7 Å². The Bertz CT molecular complexity index is 1430. The van der Waals surface area contributed by atoms with Gasteiger partial charge in [0.05, 0.1) is 16.6 Å². The molecule has 3 aromatic heterocycles. The largest absolute Gasteiger partial charge is 0.368 e. The topological polar surface area (TPSA) is 109 Å². The molecule has 0 amide bonds. The van der Waals surface area contributed by atoms with Crippen molar-refractivity contribution in [1.29, 1.82) is 0 Å². The molecule has 0 spiro atoms. The van der Waals surface area contributed by atoms with Crippen molar-refractivity contribution >= 4 is 17.0 Å². The summed E-state index contributed by atoms with van der Waals surface area (Å²) < 4.78 is 7.72. The van der Waals surface area contributed by atoms with Crippen LogP contribution in [0.25, 0.3) is 45.0 Å². The molecule has 3 heterocycles. The Hall–Kier alpha value is -4.07. The number of nitrogen functional groups attached to an aromatic ring is 1. The molecule has 2 aromatic carbocycles. The second-order valence-electron chi connectivity index (χ2n) is 8.67. The van der Waals surface area contributed by atoms with Crippen LogP contribution in [-0.4, -0.2) is 29.7 Å². The molecule has 0 atom stereocenters.